The minimum atomic E-state index is -0.0361. The molecule has 4 unspecified atom stereocenters. The van der Waals surface area contributed by atoms with E-state index in [0.29, 0.717) is 23.8 Å². The maximum Gasteiger partial charge on any atom is 0.137 e. The minimum Gasteiger partial charge on any atom is -0.412 e. The first-order valence-corrected chi connectivity index (χ1v) is 14.0. The van der Waals surface area contributed by atoms with Crippen LogP contribution in [0.15, 0.2) is 71.4 Å². The molecule has 3 aliphatic carbocycles. The highest BCUT2D eigenvalue weighted by molar-refractivity contribution is 6.31. The first kappa shape index (κ1) is 31.5. The number of carbonyl (C=O) groups is 1. The SMILES string of the molecule is CC(=O)C1C=CC=CC1C1=CC(CN[C@@H](CN2CCC(C3C=CC(Cl)=CC3)CC2)C(C)C)CC=C1.O.O. The van der Waals surface area contributed by atoms with E-state index in [4.69, 9.17) is 11.6 Å². The van der Waals surface area contributed by atoms with E-state index in [9.17, 15) is 4.79 Å². The lowest BCUT2D eigenvalue weighted by Crippen LogP contribution is -2.48. The Hall–Kier alpha value is -1.76. The molecule has 0 amide bonds. The van der Waals surface area contributed by atoms with Crippen molar-refractivity contribution in [3.05, 3.63) is 71.4 Å². The van der Waals surface area contributed by atoms with Gasteiger partial charge in [0, 0.05) is 36.0 Å². The average Bonchev–Trinajstić information content (AvgIpc) is 2.87. The Bertz CT molecular complexity index is 925. The van der Waals surface area contributed by atoms with Gasteiger partial charge in [-0.3, -0.25) is 4.79 Å². The predicted octanol–water partition coefficient (Wildman–Crippen LogP) is 4.81. The van der Waals surface area contributed by atoms with Crippen LogP contribution in [0.2, 0.25) is 0 Å². The molecule has 37 heavy (non-hydrogen) atoms. The van der Waals surface area contributed by atoms with Crippen LogP contribution in [0.1, 0.15) is 46.5 Å². The van der Waals surface area contributed by atoms with Gasteiger partial charge < -0.3 is 21.2 Å². The van der Waals surface area contributed by atoms with Crippen molar-refractivity contribution in [2.45, 2.75) is 52.5 Å². The van der Waals surface area contributed by atoms with Gasteiger partial charge in [0.1, 0.15) is 5.78 Å². The van der Waals surface area contributed by atoms with Crippen molar-refractivity contribution in [2.24, 2.45) is 35.5 Å². The van der Waals surface area contributed by atoms with Gasteiger partial charge in [-0.05, 0) is 81.0 Å². The molecule has 1 heterocycles. The van der Waals surface area contributed by atoms with Crippen LogP contribution in [0.4, 0.5) is 0 Å². The summed E-state index contributed by atoms with van der Waals surface area (Å²) >= 11 is 6.12. The Labute approximate surface area is 228 Å². The van der Waals surface area contributed by atoms with E-state index in [1.54, 1.807) is 6.92 Å². The van der Waals surface area contributed by atoms with Crippen LogP contribution >= 0.6 is 11.6 Å². The molecule has 0 aromatic carbocycles. The molecular weight excluding hydrogens is 484 g/mol. The number of allylic oxidation sites excluding steroid dienone is 11. The first-order valence-electron chi connectivity index (χ1n) is 13.6. The van der Waals surface area contributed by atoms with Crippen molar-refractivity contribution in [1.82, 2.24) is 10.2 Å². The highest BCUT2D eigenvalue weighted by Crippen LogP contribution is 2.33. The topological polar surface area (TPSA) is 95.3 Å². The van der Waals surface area contributed by atoms with E-state index >= 15 is 0 Å². The van der Waals surface area contributed by atoms with Gasteiger partial charge in [-0.1, -0.05) is 80.1 Å². The molecule has 0 aromatic rings. The fourth-order valence-electron chi connectivity index (χ4n) is 6.07. The normalized spacial score (nSPS) is 28.8. The summed E-state index contributed by atoms with van der Waals surface area (Å²) in [6, 6.07) is 0.494. The van der Waals surface area contributed by atoms with E-state index in [0.717, 1.165) is 36.9 Å². The zero-order valence-corrected chi connectivity index (χ0v) is 23.5. The molecule has 1 aliphatic heterocycles. The molecular formula is C31H47ClN2O3. The number of nitrogens with one attached hydrogen (secondary N) is 1. The van der Waals surface area contributed by atoms with Crippen LogP contribution in [0.25, 0.3) is 0 Å². The second-order valence-electron chi connectivity index (χ2n) is 11.2. The summed E-state index contributed by atoms with van der Waals surface area (Å²) < 4.78 is 0. The highest BCUT2D eigenvalue weighted by Gasteiger charge is 2.29. The Morgan fingerprint density at radius 3 is 2.46 bits per heavy atom. The molecule has 206 valence electrons. The van der Waals surface area contributed by atoms with E-state index < -0.39 is 0 Å². The molecule has 5 nitrogen and oxygen atoms in total. The van der Waals surface area contributed by atoms with Crippen molar-refractivity contribution in [1.29, 1.82) is 0 Å². The zero-order valence-electron chi connectivity index (χ0n) is 22.7. The quantitative estimate of drug-likeness (QED) is 0.463. The molecule has 0 aromatic heterocycles. The molecule has 4 rings (SSSR count). The average molecular weight is 531 g/mol. The summed E-state index contributed by atoms with van der Waals surface area (Å²) in [5.74, 6) is 2.90. The molecule has 0 radical (unpaired) electrons. The van der Waals surface area contributed by atoms with E-state index in [1.165, 1.54) is 31.5 Å². The molecule has 0 saturated carbocycles. The first-order chi connectivity index (χ1) is 16.9. The number of piperidine rings is 1. The van der Waals surface area contributed by atoms with Gasteiger partial charge in [-0.2, -0.15) is 0 Å². The van der Waals surface area contributed by atoms with Crippen molar-refractivity contribution >= 4 is 17.4 Å². The fourth-order valence-corrected chi connectivity index (χ4v) is 6.23. The summed E-state index contributed by atoms with van der Waals surface area (Å²) in [5.41, 5.74) is 1.29. The summed E-state index contributed by atoms with van der Waals surface area (Å²) in [7, 11) is 0. The molecule has 5 N–H and O–H groups in total. The van der Waals surface area contributed by atoms with Crippen LogP contribution in [0.5, 0.6) is 0 Å². The lowest BCUT2D eigenvalue weighted by Gasteiger charge is -2.38. The smallest absolute Gasteiger partial charge is 0.137 e. The molecule has 0 bridgehead atoms. The monoisotopic (exact) mass is 530 g/mol. The summed E-state index contributed by atoms with van der Waals surface area (Å²) in [6.45, 7) is 10.9. The minimum absolute atomic E-state index is 0. The number of likely N-dealkylation sites (tertiary alicyclic amines) is 1. The van der Waals surface area contributed by atoms with Gasteiger partial charge in [0.2, 0.25) is 0 Å². The van der Waals surface area contributed by atoms with Crippen LogP contribution in [0, 0.1) is 35.5 Å². The molecule has 1 saturated heterocycles. The van der Waals surface area contributed by atoms with Crippen LogP contribution in [-0.2, 0) is 4.79 Å². The van der Waals surface area contributed by atoms with Gasteiger partial charge in [0.05, 0.1) is 0 Å². The summed E-state index contributed by atoms with van der Waals surface area (Å²) in [5, 5.41) is 4.81. The second-order valence-corrected chi connectivity index (χ2v) is 11.7. The van der Waals surface area contributed by atoms with Gasteiger partial charge in [0.15, 0.2) is 0 Å². The number of carbonyl (C=O) groups excluding carboxylic acids is 1. The number of hydrogen-bond acceptors (Lipinski definition) is 3. The van der Waals surface area contributed by atoms with Gasteiger partial charge in [0.25, 0.3) is 0 Å². The van der Waals surface area contributed by atoms with Gasteiger partial charge >= 0.3 is 0 Å². The van der Waals surface area contributed by atoms with Gasteiger partial charge in [-0.15, -0.1) is 0 Å². The third kappa shape index (κ3) is 8.62. The highest BCUT2D eigenvalue weighted by atomic mass is 35.5. The molecule has 0 spiro atoms. The number of rotatable bonds is 9. The van der Waals surface area contributed by atoms with Crippen LogP contribution in [-0.4, -0.2) is 53.9 Å². The zero-order chi connectivity index (χ0) is 24.8. The number of halogens is 1. The number of nitrogens with zero attached hydrogens (tertiary/aromatic N) is 1. The Morgan fingerprint density at radius 1 is 1.08 bits per heavy atom. The van der Waals surface area contributed by atoms with Crippen LogP contribution in [0.3, 0.4) is 0 Å². The van der Waals surface area contributed by atoms with E-state index in [-0.39, 0.29) is 28.6 Å². The van der Waals surface area contributed by atoms with Crippen molar-refractivity contribution < 1.29 is 15.7 Å². The summed E-state index contributed by atoms with van der Waals surface area (Å²) in [4.78, 5) is 14.8. The number of ketones is 1. The number of hydrogen-bond donors (Lipinski definition) is 1. The maximum absolute atomic E-state index is 12.2. The van der Waals surface area contributed by atoms with Crippen molar-refractivity contribution in [3.8, 4) is 0 Å². The fraction of sp³-hybridized carbons (Fsp3) is 0.581. The van der Waals surface area contributed by atoms with E-state index in [2.05, 4.69) is 78.7 Å². The molecule has 6 heteroatoms. The number of Topliss-reactive ketones (excluding diaryl/α,β-unsaturated/α-hetero) is 1. The molecule has 5 atom stereocenters. The third-order valence-corrected chi connectivity index (χ3v) is 8.67. The lowest BCUT2D eigenvalue weighted by atomic mass is 9.77. The Kier molecular flexibility index (Phi) is 12.7. The standard InChI is InChI=1S/C31H43ClN2O.2H2O/c1-22(2)31(21-34-17-15-26(16-18-34)25-11-13-28(32)14-12-25)33-20-24-7-6-8-27(19-24)30-10-5-4-9-29(30)23(3)35;;/h4-6,8-11,13-14,19,22,24-26,29-31,33H,7,12,15-18,20-21H2,1-3H3;2*1H2/t24?,25?,29?,30?,31-;;/m0../s1. The van der Waals surface area contributed by atoms with Gasteiger partial charge in [-0.25, -0.2) is 0 Å². The van der Waals surface area contributed by atoms with E-state index in [1.807, 2.05) is 6.08 Å². The molecule has 4 aliphatic rings. The Balaban J connectivity index is 0.00000241. The maximum atomic E-state index is 12.2. The third-order valence-electron chi connectivity index (χ3n) is 8.39. The van der Waals surface area contributed by atoms with Crippen molar-refractivity contribution in [2.75, 3.05) is 26.2 Å². The Morgan fingerprint density at radius 2 is 1.81 bits per heavy atom. The summed E-state index contributed by atoms with van der Waals surface area (Å²) in [6.07, 6.45) is 26.6. The van der Waals surface area contributed by atoms with Crippen LogP contribution < -0.4 is 5.32 Å². The second kappa shape index (κ2) is 15.0. The lowest BCUT2D eigenvalue weighted by molar-refractivity contribution is -0.120. The van der Waals surface area contributed by atoms with Crippen molar-refractivity contribution in [3.63, 3.8) is 0 Å². The predicted molar refractivity (Wildman–Crippen MR) is 155 cm³/mol. The largest absolute Gasteiger partial charge is 0.412 e. The molecule has 1 fully saturated rings.